The third kappa shape index (κ3) is 3.99. The van der Waals surface area contributed by atoms with Gasteiger partial charge in [0.2, 0.25) is 0 Å². The molecule has 1 amide bonds. The predicted molar refractivity (Wildman–Crippen MR) is 86.1 cm³/mol. The molecule has 1 atom stereocenters. The predicted octanol–water partition coefficient (Wildman–Crippen LogP) is 4.36. The van der Waals surface area contributed by atoms with Crippen LogP contribution < -0.4 is 10.1 Å². The van der Waals surface area contributed by atoms with E-state index in [0.717, 1.165) is 21.8 Å². The topological polar surface area (TPSA) is 38.3 Å². The first kappa shape index (κ1) is 15.4. The molecule has 2 rings (SSSR count). The molecule has 0 heterocycles. The second-order valence-electron chi connectivity index (χ2n) is 4.99. The van der Waals surface area contributed by atoms with E-state index in [9.17, 15) is 4.79 Å². The summed E-state index contributed by atoms with van der Waals surface area (Å²) < 4.78 is 5.69. The minimum absolute atomic E-state index is 0.188. The molecular formula is C17H18ClNO2. The number of hydrogen-bond donors (Lipinski definition) is 1. The van der Waals surface area contributed by atoms with Gasteiger partial charge in [0, 0.05) is 10.7 Å². The van der Waals surface area contributed by atoms with Crippen molar-refractivity contribution in [3.05, 3.63) is 58.6 Å². The summed E-state index contributed by atoms with van der Waals surface area (Å²) in [6, 6.07) is 13.0. The molecule has 0 fully saturated rings. The zero-order valence-corrected chi connectivity index (χ0v) is 13.1. The van der Waals surface area contributed by atoms with Gasteiger partial charge in [-0.2, -0.15) is 0 Å². The van der Waals surface area contributed by atoms with Crippen molar-refractivity contribution >= 4 is 23.2 Å². The molecule has 0 saturated carbocycles. The number of para-hydroxylation sites is 1. The van der Waals surface area contributed by atoms with Gasteiger partial charge in [0.1, 0.15) is 5.75 Å². The summed E-state index contributed by atoms with van der Waals surface area (Å²) in [4.78, 5) is 12.1. The smallest absolute Gasteiger partial charge is 0.265 e. The first-order valence-electron chi connectivity index (χ1n) is 6.76. The van der Waals surface area contributed by atoms with Crippen molar-refractivity contribution in [2.24, 2.45) is 0 Å². The first-order chi connectivity index (χ1) is 9.97. The average molecular weight is 304 g/mol. The molecule has 3 nitrogen and oxygen atoms in total. The van der Waals surface area contributed by atoms with Crippen LogP contribution in [0.2, 0.25) is 5.02 Å². The second-order valence-corrected chi connectivity index (χ2v) is 5.36. The van der Waals surface area contributed by atoms with E-state index in [1.54, 1.807) is 6.92 Å². The third-order valence-electron chi connectivity index (χ3n) is 3.13. The van der Waals surface area contributed by atoms with Crippen LogP contribution in [-0.4, -0.2) is 12.0 Å². The fraction of sp³-hybridized carbons (Fsp3) is 0.235. The summed E-state index contributed by atoms with van der Waals surface area (Å²) in [6.45, 7) is 5.55. The van der Waals surface area contributed by atoms with E-state index in [4.69, 9.17) is 16.3 Å². The molecule has 110 valence electrons. The van der Waals surface area contributed by atoms with Crippen LogP contribution in [-0.2, 0) is 4.79 Å². The summed E-state index contributed by atoms with van der Waals surface area (Å²) in [5.74, 6) is 0.455. The summed E-state index contributed by atoms with van der Waals surface area (Å²) in [5.41, 5.74) is 2.62. The van der Waals surface area contributed by atoms with Crippen molar-refractivity contribution in [3.8, 4) is 5.75 Å². The Morgan fingerprint density at radius 1 is 1.14 bits per heavy atom. The third-order valence-corrected chi connectivity index (χ3v) is 3.73. The van der Waals surface area contributed by atoms with Crippen molar-refractivity contribution in [2.75, 3.05) is 5.32 Å². The summed E-state index contributed by atoms with van der Waals surface area (Å²) in [7, 11) is 0. The highest BCUT2D eigenvalue weighted by atomic mass is 35.5. The number of aryl methyl sites for hydroxylation is 2. The molecular weight excluding hydrogens is 286 g/mol. The molecule has 4 heteroatoms. The van der Waals surface area contributed by atoms with E-state index >= 15 is 0 Å². The molecule has 2 aromatic carbocycles. The normalized spacial score (nSPS) is 11.8. The van der Waals surface area contributed by atoms with E-state index in [0.29, 0.717) is 5.75 Å². The largest absolute Gasteiger partial charge is 0.481 e. The summed E-state index contributed by atoms with van der Waals surface area (Å²) >= 11 is 6.12. The molecule has 0 spiro atoms. The number of halogens is 1. The Balaban J connectivity index is 2.04. The number of ether oxygens (including phenoxy) is 1. The lowest BCUT2D eigenvalue weighted by Crippen LogP contribution is -2.30. The standard InChI is InChI=1S/C17H18ClNO2/c1-11-9-15(10-12(2)16(11)18)21-13(3)17(20)19-14-7-5-4-6-8-14/h4-10,13H,1-3H3,(H,19,20). The minimum Gasteiger partial charge on any atom is -0.481 e. The molecule has 2 aromatic rings. The van der Waals surface area contributed by atoms with Gasteiger partial charge < -0.3 is 10.1 Å². The van der Waals surface area contributed by atoms with Crippen LogP contribution in [0.3, 0.4) is 0 Å². The van der Waals surface area contributed by atoms with Crippen LogP contribution in [0, 0.1) is 13.8 Å². The van der Waals surface area contributed by atoms with Crippen LogP contribution >= 0.6 is 11.6 Å². The maximum atomic E-state index is 12.1. The lowest BCUT2D eigenvalue weighted by Gasteiger charge is -2.16. The van der Waals surface area contributed by atoms with E-state index in [1.807, 2.05) is 56.3 Å². The molecule has 1 unspecified atom stereocenters. The zero-order valence-electron chi connectivity index (χ0n) is 12.3. The Labute approximate surface area is 129 Å². The highest BCUT2D eigenvalue weighted by Crippen LogP contribution is 2.26. The number of hydrogen-bond acceptors (Lipinski definition) is 2. The number of anilines is 1. The van der Waals surface area contributed by atoms with Gasteiger partial charge >= 0.3 is 0 Å². The van der Waals surface area contributed by atoms with Crippen molar-refractivity contribution in [1.29, 1.82) is 0 Å². The zero-order chi connectivity index (χ0) is 15.4. The molecule has 0 aliphatic carbocycles. The summed E-state index contributed by atoms with van der Waals surface area (Å²) in [6.07, 6.45) is -0.592. The van der Waals surface area contributed by atoms with Gasteiger partial charge in [-0.25, -0.2) is 0 Å². The summed E-state index contributed by atoms with van der Waals surface area (Å²) in [5, 5.41) is 3.54. The van der Waals surface area contributed by atoms with Gasteiger partial charge in [-0.15, -0.1) is 0 Å². The van der Waals surface area contributed by atoms with Crippen LogP contribution in [0.1, 0.15) is 18.1 Å². The maximum absolute atomic E-state index is 12.1. The van der Waals surface area contributed by atoms with Gasteiger partial charge in [0.25, 0.3) is 5.91 Å². The number of carbonyl (C=O) groups is 1. The number of amides is 1. The molecule has 0 aromatic heterocycles. The Morgan fingerprint density at radius 2 is 1.71 bits per heavy atom. The quantitative estimate of drug-likeness (QED) is 0.911. The molecule has 1 N–H and O–H groups in total. The molecule has 0 saturated heterocycles. The Kier molecular flexibility index (Phi) is 4.86. The van der Waals surface area contributed by atoms with Gasteiger partial charge in [0.05, 0.1) is 0 Å². The molecule has 0 radical (unpaired) electrons. The van der Waals surface area contributed by atoms with Crippen molar-refractivity contribution < 1.29 is 9.53 Å². The van der Waals surface area contributed by atoms with E-state index in [1.165, 1.54) is 0 Å². The van der Waals surface area contributed by atoms with Gasteiger partial charge in [-0.05, 0) is 56.2 Å². The Morgan fingerprint density at radius 3 is 2.29 bits per heavy atom. The average Bonchev–Trinajstić information content (AvgIpc) is 2.45. The van der Waals surface area contributed by atoms with Crippen LogP contribution in [0.25, 0.3) is 0 Å². The Bertz CT molecular complexity index is 617. The van der Waals surface area contributed by atoms with Gasteiger partial charge in [-0.3, -0.25) is 4.79 Å². The molecule has 21 heavy (non-hydrogen) atoms. The second kappa shape index (κ2) is 6.64. The Hall–Kier alpha value is -2.00. The van der Waals surface area contributed by atoms with Crippen molar-refractivity contribution in [3.63, 3.8) is 0 Å². The fourth-order valence-corrected chi connectivity index (χ4v) is 2.11. The van der Waals surface area contributed by atoms with Crippen LogP contribution in [0.15, 0.2) is 42.5 Å². The lowest BCUT2D eigenvalue weighted by molar-refractivity contribution is -0.122. The number of carbonyl (C=O) groups excluding carboxylic acids is 1. The first-order valence-corrected chi connectivity index (χ1v) is 7.14. The van der Waals surface area contributed by atoms with Gasteiger partial charge in [0.15, 0.2) is 6.10 Å². The molecule has 0 bridgehead atoms. The fourth-order valence-electron chi connectivity index (χ4n) is 2.00. The number of benzene rings is 2. The van der Waals surface area contributed by atoms with E-state index < -0.39 is 6.10 Å². The van der Waals surface area contributed by atoms with E-state index in [2.05, 4.69) is 5.32 Å². The van der Waals surface area contributed by atoms with Gasteiger partial charge in [-0.1, -0.05) is 29.8 Å². The van der Waals surface area contributed by atoms with Crippen molar-refractivity contribution in [1.82, 2.24) is 0 Å². The minimum atomic E-state index is -0.592. The van der Waals surface area contributed by atoms with Crippen LogP contribution in [0.5, 0.6) is 5.75 Å². The number of rotatable bonds is 4. The van der Waals surface area contributed by atoms with Crippen LogP contribution in [0.4, 0.5) is 5.69 Å². The maximum Gasteiger partial charge on any atom is 0.265 e. The van der Waals surface area contributed by atoms with Crippen molar-refractivity contribution in [2.45, 2.75) is 26.9 Å². The molecule has 0 aliphatic heterocycles. The lowest BCUT2D eigenvalue weighted by atomic mass is 10.1. The highest BCUT2D eigenvalue weighted by Gasteiger charge is 2.15. The molecule has 0 aliphatic rings. The van der Waals surface area contributed by atoms with E-state index in [-0.39, 0.29) is 5.91 Å². The highest BCUT2D eigenvalue weighted by molar-refractivity contribution is 6.32. The number of nitrogens with one attached hydrogen (secondary N) is 1. The monoisotopic (exact) mass is 303 g/mol. The SMILES string of the molecule is Cc1cc(OC(C)C(=O)Nc2ccccc2)cc(C)c1Cl.